The van der Waals surface area contributed by atoms with Crippen LogP contribution < -0.4 is 5.56 Å². The van der Waals surface area contributed by atoms with Gasteiger partial charge in [0.15, 0.2) is 11.3 Å². The van der Waals surface area contributed by atoms with Gasteiger partial charge < -0.3 is 4.98 Å². The van der Waals surface area contributed by atoms with Crippen LogP contribution in [0.2, 0.25) is 0 Å². The van der Waals surface area contributed by atoms with Crippen LogP contribution >= 0.6 is 0 Å². The molecular weight excluding hydrogens is 275 g/mol. The standard InChI is InChI=1S/C11H4F3N5O/c12-11(13,14)7-2-1-6-9(17-7)19-8(18-10(6)20)5(3-15)4-16-19/h1-2,4H,(H,18,20). The molecule has 0 aliphatic rings. The molecule has 1 N–H and O–H groups in total. The first-order chi connectivity index (χ1) is 9.41. The highest BCUT2D eigenvalue weighted by Crippen LogP contribution is 2.28. The number of fused-ring (bicyclic) bond motifs is 3. The second-order valence-corrected chi connectivity index (χ2v) is 3.95. The maximum absolute atomic E-state index is 12.7. The van der Waals surface area contributed by atoms with Crippen molar-refractivity contribution in [2.24, 2.45) is 0 Å². The van der Waals surface area contributed by atoms with E-state index in [1.165, 1.54) is 0 Å². The summed E-state index contributed by atoms with van der Waals surface area (Å²) < 4.78 is 39.0. The lowest BCUT2D eigenvalue weighted by atomic mass is 10.2. The Morgan fingerprint density at radius 3 is 2.75 bits per heavy atom. The average molecular weight is 279 g/mol. The molecule has 0 radical (unpaired) electrons. The van der Waals surface area contributed by atoms with E-state index in [1.807, 2.05) is 0 Å². The van der Waals surface area contributed by atoms with Crippen molar-refractivity contribution in [3.8, 4) is 6.07 Å². The van der Waals surface area contributed by atoms with Gasteiger partial charge in [0.25, 0.3) is 5.56 Å². The molecule has 6 nitrogen and oxygen atoms in total. The lowest BCUT2D eigenvalue weighted by Crippen LogP contribution is -2.15. The molecule has 0 saturated carbocycles. The van der Waals surface area contributed by atoms with Crippen LogP contribution in [0.15, 0.2) is 23.1 Å². The van der Waals surface area contributed by atoms with E-state index < -0.39 is 17.4 Å². The predicted octanol–water partition coefficient (Wildman–Crippen LogP) is 1.46. The van der Waals surface area contributed by atoms with Gasteiger partial charge in [0.2, 0.25) is 0 Å². The normalized spacial score (nSPS) is 11.9. The summed E-state index contributed by atoms with van der Waals surface area (Å²) in [6, 6.07) is 3.53. The summed E-state index contributed by atoms with van der Waals surface area (Å²) >= 11 is 0. The molecule has 20 heavy (non-hydrogen) atoms. The molecule has 0 aliphatic carbocycles. The number of hydrogen-bond donors (Lipinski definition) is 1. The SMILES string of the molecule is N#Cc1cnn2c1[nH]c(=O)c1ccc(C(F)(F)F)nc12. The zero-order valence-corrected chi connectivity index (χ0v) is 9.56. The summed E-state index contributed by atoms with van der Waals surface area (Å²) in [5, 5.41) is 12.6. The Hall–Kier alpha value is -2.89. The third kappa shape index (κ3) is 1.62. The first-order valence-corrected chi connectivity index (χ1v) is 5.30. The number of pyridine rings is 1. The summed E-state index contributed by atoms with van der Waals surface area (Å²) in [5.74, 6) is 0. The first kappa shape index (κ1) is 12.2. The van der Waals surface area contributed by atoms with Gasteiger partial charge in [-0.05, 0) is 12.1 Å². The van der Waals surface area contributed by atoms with Crippen molar-refractivity contribution in [1.82, 2.24) is 19.6 Å². The Bertz CT molecular complexity index is 931. The highest BCUT2D eigenvalue weighted by atomic mass is 19.4. The zero-order valence-electron chi connectivity index (χ0n) is 9.56. The second-order valence-electron chi connectivity index (χ2n) is 3.95. The van der Waals surface area contributed by atoms with Crippen LogP contribution in [0.5, 0.6) is 0 Å². The van der Waals surface area contributed by atoms with Gasteiger partial charge in [0.1, 0.15) is 17.3 Å². The van der Waals surface area contributed by atoms with Crippen molar-refractivity contribution < 1.29 is 13.2 Å². The molecule has 0 amide bonds. The number of H-pyrrole nitrogens is 1. The third-order valence-electron chi connectivity index (χ3n) is 2.73. The second kappa shape index (κ2) is 3.80. The van der Waals surface area contributed by atoms with E-state index in [1.54, 1.807) is 6.07 Å². The van der Waals surface area contributed by atoms with Crippen molar-refractivity contribution in [3.63, 3.8) is 0 Å². The fourth-order valence-electron chi connectivity index (χ4n) is 1.83. The maximum Gasteiger partial charge on any atom is 0.433 e. The Kier molecular flexibility index (Phi) is 2.31. The van der Waals surface area contributed by atoms with E-state index in [2.05, 4.69) is 15.1 Å². The number of halogens is 3. The van der Waals surface area contributed by atoms with Gasteiger partial charge in [-0.3, -0.25) is 4.79 Å². The number of nitrogens with one attached hydrogen (secondary N) is 1. The lowest BCUT2D eigenvalue weighted by molar-refractivity contribution is -0.141. The Morgan fingerprint density at radius 2 is 2.10 bits per heavy atom. The number of hydrogen-bond acceptors (Lipinski definition) is 4. The van der Waals surface area contributed by atoms with Gasteiger partial charge >= 0.3 is 6.18 Å². The van der Waals surface area contributed by atoms with E-state index in [4.69, 9.17) is 5.26 Å². The minimum atomic E-state index is -4.63. The van der Waals surface area contributed by atoms with E-state index in [9.17, 15) is 18.0 Å². The summed E-state index contributed by atoms with van der Waals surface area (Å²) in [7, 11) is 0. The molecule has 0 aromatic carbocycles. The molecule has 100 valence electrons. The Labute approximate surface area is 108 Å². The number of rotatable bonds is 0. The molecule has 0 aliphatic heterocycles. The van der Waals surface area contributed by atoms with Gasteiger partial charge in [-0.2, -0.15) is 28.0 Å². The van der Waals surface area contributed by atoms with Gasteiger partial charge in [0.05, 0.1) is 11.6 Å². The largest absolute Gasteiger partial charge is 0.433 e. The van der Waals surface area contributed by atoms with Crippen molar-refractivity contribution in [2.75, 3.05) is 0 Å². The molecular formula is C11H4F3N5O. The van der Waals surface area contributed by atoms with E-state index in [0.29, 0.717) is 0 Å². The van der Waals surface area contributed by atoms with Crippen LogP contribution in [0, 0.1) is 11.3 Å². The van der Waals surface area contributed by atoms with Crippen molar-refractivity contribution in [3.05, 3.63) is 39.9 Å². The Morgan fingerprint density at radius 1 is 1.35 bits per heavy atom. The molecule has 0 bridgehead atoms. The molecule has 9 heteroatoms. The van der Waals surface area contributed by atoms with Gasteiger partial charge in [-0.25, -0.2) is 4.98 Å². The monoisotopic (exact) mass is 279 g/mol. The smallest absolute Gasteiger partial charge is 0.305 e. The molecule has 0 unspecified atom stereocenters. The van der Waals surface area contributed by atoms with E-state index >= 15 is 0 Å². The van der Waals surface area contributed by atoms with Gasteiger partial charge in [0, 0.05) is 0 Å². The molecule has 3 aromatic heterocycles. The van der Waals surface area contributed by atoms with Crippen LogP contribution in [0.4, 0.5) is 13.2 Å². The third-order valence-corrected chi connectivity index (χ3v) is 2.73. The lowest BCUT2D eigenvalue weighted by Gasteiger charge is -2.07. The van der Waals surface area contributed by atoms with Crippen LogP contribution in [-0.4, -0.2) is 19.6 Å². The Balaban J connectivity index is 2.50. The molecule has 3 rings (SSSR count). The average Bonchev–Trinajstić information content (AvgIpc) is 2.80. The summed E-state index contributed by atoms with van der Waals surface area (Å²) in [5.41, 5.74) is -1.96. The fourth-order valence-corrected chi connectivity index (χ4v) is 1.83. The zero-order chi connectivity index (χ0) is 14.5. The van der Waals surface area contributed by atoms with Crippen molar-refractivity contribution in [1.29, 1.82) is 5.26 Å². The molecule has 0 atom stereocenters. The highest BCUT2D eigenvalue weighted by Gasteiger charge is 2.33. The number of aromatic nitrogens is 4. The quantitative estimate of drug-likeness (QED) is 0.675. The van der Waals surface area contributed by atoms with Crippen LogP contribution in [0.25, 0.3) is 16.7 Å². The highest BCUT2D eigenvalue weighted by molar-refractivity contribution is 5.77. The van der Waals surface area contributed by atoms with Crippen molar-refractivity contribution >= 4 is 16.7 Å². The molecule has 0 fully saturated rings. The van der Waals surface area contributed by atoms with Gasteiger partial charge in [-0.15, -0.1) is 0 Å². The van der Waals surface area contributed by atoms with E-state index in [-0.39, 0.29) is 22.2 Å². The number of nitrogens with zero attached hydrogens (tertiary/aromatic N) is 4. The van der Waals surface area contributed by atoms with Gasteiger partial charge in [-0.1, -0.05) is 0 Å². The summed E-state index contributed by atoms with van der Waals surface area (Å²) in [4.78, 5) is 17.6. The number of aromatic amines is 1. The molecule has 0 saturated heterocycles. The van der Waals surface area contributed by atoms with Crippen LogP contribution in [-0.2, 0) is 6.18 Å². The molecule has 3 heterocycles. The fraction of sp³-hybridized carbons (Fsp3) is 0.0909. The maximum atomic E-state index is 12.7. The first-order valence-electron chi connectivity index (χ1n) is 5.30. The van der Waals surface area contributed by atoms with E-state index in [0.717, 1.165) is 22.8 Å². The summed E-state index contributed by atoms with van der Waals surface area (Å²) in [6.07, 6.45) is -3.49. The summed E-state index contributed by atoms with van der Waals surface area (Å²) in [6.45, 7) is 0. The van der Waals surface area contributed by atoms with Crippen LogP contribution in [0.1, 0.15) is 11.3 Å². The minimum absolute atomic E-state index is 0.0109. The molecule has 3 aromatic rings. The number of alkyl halides is 3. The van der Waals surface area contributed by atoms with Crippen molar-refractivity contribution in [2.45, 2.75) is 6.18 Å². The number of nitriles is 1. The minimum Gasteiger partial charge on any atom is -0.305 e. The van der Waals surface area contributed by atoms with Crippen LogP contribution in [0.3, 0.4) is 0 Å². The topological polar surface area (TPSA) is 86.8 Å². The molecule has 0 spiro atoms. The predicted molar refractivity (Wildman–Crippen MR) is 60.8 cm³/mol.